The minimum atomic E-state index is -5.40. The fourth-order valence-corrected chi connectivity index (χ4v) is 1.06. The molecule has 1 N–H and O–H groups in total. The SMILES string of the molecule is CCCCCCNC(=O)C(F)(Cl)C(F)(F)F. The van der Waals surface area contributed by atoms with Gasteiger partial charge in [0.15, 0.2) is 0 Å². The van der Waals surface area contributed by atoms with Crippen LogP contribution in [0.3, 0.4) is 0 Å². The molecule has 1 atom stereocenters. The van der Waals surface area contributed by atoms with E-state index in [-0.39, 0.29) is 6.54 Å². The lowest BCUT2D eigenvalue weighted by atomic mass is 10.2. The summed E-state index contributed by atoms with van der Waals surface area (Å²) >= 11 is 4.50. The first-order valence-electron chi connectivity index (χ1n) is 4.96. The van der Waals surface area contributed by atoms with Crippen LogP contribution in [0.2, 0.25) is 0 Å². The number of amides is 1. The number of rotatable bonds is 6. The molecule has 0 rings (SSSR count). The predicted octanol–water partition coefficient (Wildman–Crippen LogP) is 3.15. The van der Waals surface area contributed by atoms with Gasteiger partial charge >= 0.3 is 11.3 Å². The number of nitrogens with one attached hydrogen (secondary N) is 1. The van der Waals surface area contributed by atoms with Gasteiger partial charge in [-0.1, -0.05) is 37.8 Å². The molecule has 7 heteroatoms. The Morgan fingerprint density at radius 1 is 1.19 bits per heavy atom. The summed E-state index contributed by atoms with van der Waals surface area (Å²) in [4.78, 5) is 10.8. The van der Waals surface area contributed by atoms with Gasteiger partial charge < -0.3 is 5.32 Å². The smallest absolute Gasteiger partial charge is 0.352 e. The summed E-state index contributed by atoms with van der Waals surface area (Å²) in [6.07, 6.45) is -2.26. The van der Waals surface area contributed by atoms with Crippen LogP contribution >= 0.6 is 11.6 Å². The third kappa shape index (κ3) is 4.55. The molecule has 0 aliphatic carbocycles. The van der Waals surface area contributed by atoms with Crippen LogP contribution in [0, 0.1) is 0 Å². The topological polar surface area (TPSA) is 29.1 Å². The largest absolute Gasteiger partial charge is 0.446 e. The Balaban J connectivity index is 3.98. The normalized spacial score (nSPS) is 15.6. The van der Waals surface area contributed by atoms with Crippen molar-refractivity contribution in [1.82, 2.24) is 5.32 Å². The first-order chi connectivity index (χ1) is 7.23. The van der Waals surface area contributed by atoms with Crippen LogP contribution in [0.4, 0.5) is 17.6 Å². The van der Waals surface area contributed by atoms with Gasteiger partial charge in [-0.25, -0.2) is 4.39 Å². The van der Waals surface area contributed by atoms with Crippen LogP contribution in [0.5, 0.6) is 0 Å². The van der Waals surface area contributed by atoms with Crippen LogP contribution in [-0.2, 0) is 4.79 Å². The van der Waals surface area contributed by atoms with Crippen molar-refractivity contribution in [2.24, 2.45) is 0 Å². The maximum atomic E-state index is 12.8. The zero-order valence-electron chi connectivity index (χ0n) is 8.83. The van der Waals surface area contributed by atoms with E-state index in [1.54, 1.807) is 0 Å². The lowest BCUT2D eigenvalue weighted by molar-refractivity contribution is -0.200. The highest BCUT2D eigenvalue weighted by Crippen LogP contribution is 2.37. The number of carbonyl (C=O) groups is 1. The molecule has 0 aliphatic rings. The standard InChI is InChI=1S/C9H14ClF4NO/c1-2-3-4-5-6-15-7(16)8(10,11)9(12,13)14/h2-6H2,1H3,(H,15,16). The second-order valence-corrected chi connectivity index (χ2v) is 3.91. The molecule has 16 heavy (non-hydrogen) atoms. The quantitative estimate of drug-likeness (QED) is 0.445. The number of unbranched alkanes of at least 4 members (excludes halogenated alkanes) is 3. The molecule has 0 fully saturated rings. The van der Waals surface area contributed by atoms with Gasteiger partial charge in [-0.15, -0.1) is 0 Å². The van der Waals surface area contributed by atoms with Gasteiger partial charge in [-0.3, -0.25) is 4.79 Å². The first kappa shape index (κ1) is 15.5. The van der Waals surface area contributed by atoms with Crippen molar-refractivity contribution in [2.75, 3.05) is 6.54 Å². The van der Waals surface area contributed by atoms with E-state index in [0.717, 1.165) is 19.3 Å². The highest BCUT2D eigenvalue weighted by atomic mass is 35.5. The third-order valence-electron chi connectivity index (χ3n) is 1.96. The summed E-state index contributed by atoms with van der Waals surface area (Å²) in [5.41, 5.74) is 0. The summed E-state index contributed by atoms with van der Waals surface area (Å²) in [6.45, 7) is 1.96. The van der Waals surface area contributed by atoms with E-state index in [0.29, 0.717) is 6.42 Å². The Hall–Kier alpha value is -0.520. The number of carbonyl (C=O) groups excluding carboxylic acids is 1. The summed E-state index contributed by atoms with van der Waals surface area (Å²) in [5, 5.41) is -2.51. The zero-order valence-corrected chi connectivity index (χ0v) is 9.59. The van der Waals surface area contributed by atoms with Crippen molar-refractivity contribution in [1.29, 1.82) is 0 Å². The van der Waals surface area contributed by atoms with E-state index in [9.17, 15) is 22.4 Å². The van der Waals surface area contributed by atoms with Gasteiger partial charge in [0.1, 0.15) is 0 Å². The number of hydrogen-bond donors (Lipinski definition) is 1. The molecule has 0 bridgehead atoms. The lowest BCUT2D eigenvalue weighted by Gasteiger charge is -2.20. The number of halogens is 5. The first-order valence-corrected chi connectivity index (χ1v) is 5.34. The van der Waals surface area contributed by atoms with Crippen molar-refractivity contribution < 1.29 is 22.4 Å². The maximum absolute atomic E-state index is 12.8. The molecule has 1 amide bonds. The average Bonchev–Trinajstić information content (AvgIpc) is 2.15. The van der Waals surface area contributed by atoms with E-state index in [2.05, 4.69) is 11.6 Å². The van der Waals surface area contributed by atoms with E-state index in [1.165, 1.54) is 0 Å². The van der Waals surface area contributed by atoms with E-state index in [4.69, 9.17) is 0 Å². The summed E-state index contributed by atoms with van der Waals surface area (Å²) in [6, 6.07) is 0. The molecule has 1 unspecified atom stereocenters. The van der Waals surface area contributed by atoms with Crippen LogP contribution in [0.15, 0.2) is 0 Å². The highest BCUT2D eigenvalue weighted by Gasteiger charge is 2.60. The third-order valence-corrected chi connectivity index (χ3v) is 2.34. The van der Waals surface area contributed by atoms with Gasteiger partial charge in [-0.2, -0.15) is 13.2 Å². The Labute approximate surface area is 96.3 Å². The fourth-order valence-electron chi connectivity index (χ4n) is 0.993. The summed E-state index contributed by atoms with van der Waals surface area (Å²) in [7, 11) is 0. The average molecular weight is 264 g/mol. The molecule has 0 spiro atoms. The Morgan fingerprint density at radius 3 is 2.19 bits per heavy atom. The summed E-state index contributed by atoms with van der Waals surface area (Å²) in [5.74, 6) is -1.85. The second-order valence-electron chi connectivity index (χ2n) is 3.39. The van der Waals surface area contributed by atoms with Gasteiger partial charge in [0, 0.05) is 6.54 Å². The monoisotopic (exact) mass is 263 g/mol. The molecule has 0 aromatic carbocycles. The lowest BCUT2D eigenvalue weighted by Crippen LogP contribution is -2.49. The van der Waals surface area contributed by atoms with Crippen molar-refractivity contribution >= 4 is 17.5 Å². The van der Waals surface area contributed by atoms with Crippen LogP contribution in [-0.4, -0.2) is 23.8 Å². The fraction of sp³-hybridized carbons (Fsp3) is 0.889. The molecule has 0 aliphatic heterocycles. The van der Waals surface area contributed by atoms with Gasteiger partial charge in [0.05, 0.1) is 0 Å². The molecule has 96 valence electrons. The molecule has 0 saturated heterocycles. The molecule has 0 saturated carbocycles. The number of hydrogen-bond acceptors (Lipinski definition) is 1. The van der Waals surface area contributed by atoms with Crippen LogP contribution in [0.1, 0.15) is 32.6 Å². The van der Waals surface area contributed by atoms with Crippen molar-refractivity contribution in [3.05, 3.63) is 0 Å². The molecule has 2 nitrogen and oxygen atoms in total. The van der Waals surface area contributed by atoms with Crippen molar-refractivity contribution in [3.63, 3.8) is 0 Å². The van der Waals surface area contributed by atoms with E-state index >= 15 is 0 Å². The Morgan fingerprint density at radius 2 is 1.75 bits per heavy atom. The van der Waals surface area contributed by atoms with Gasteiger partial charge in [0.2, 0.25) is 0 Å². The second kappa shape index (κ2) is 6.27. The maximum Gasteiger partial charge on any atom is 0.446 e. The van der Waals surface area contributed by atoms with Gasteiger partial charge in [-0.05, 0) is 6.42 Å². The van der Waals surface area contributed by atoms with Crippen LogP contribution < -0.4 is 5.32 Å². The number of alkyl halides is 5. The molecule has 0 aromatic heterocycles. The predicted molar refractivity (Wildman–Crippen MR) is 52.9 cm³/mol. The molecule has 0 heterocycles. The highest BCUT2D eigenvalue weighted by molar-refractivity contribution is 6.34. The van der Waals surface area contributed by atoms with Crippen LogP contribution in [0.25, 0.3) is 0 Å². The zero-order chi connectivity index (χ0) is 12.8. The Kier molecular flexibility index (Phi) is 6.07. The molecular formula is C9H14ClF4NO. The van der Waals surface area contributed by atoms with E-state index < -0.39 is 17.2 Å². The Bertz CT molecular complexity index is 230. The van der Waals surface area contributed by atoms with Gasteiger partial charge in [0.25, 0.3) is 5.91 Å². The minimum absolute atomic E-state index is 0.00664. The molecule has 0 aromatic rings. The van der Waals surface area contributed by atoms with Crippen molar-refractivity contribution in [2.45, 2.75) is 43.9 Å². The minimum Gasteiger partial charge on any atom is -0.352 e. The van der Waals surface area contributed by atoms with Crippen molar-refractivity contribution in [3.8, 4) is 0 Å². The molecular weight excluding hydrogens is 250 g/mol. The summed E-state index contributed by atoms with van der Waals surface area (Å²) < 4.78 is 48.6. The molecule has 0 radical (unpaired) electrons. The van der Waals surface area contributed by atoms with E-state index in [1.807, 2.05) is 12.2 Å².